The first-order valence-corrected chi connectivity index (χ1v) is 10.9. The number of nitrogens with one attached hydrogen (secondary N) is 1. The smallest absolute Gasteiger partial charge is 0.417 e. The molecule has 0 bridgehead atoms. The average molecular weight is 576 g/mol. The van der Waals surface area contributed by atoms with Crippen LogP contribution in [0.3, 0.4) is 0 Å². The molecule has 2 aromatic carbocycles. The molecule has 168 valence electrons. The molecule has 0 radical (unpaired) electrons. The van der Waals surface area contributed by atoms with Gasteiger partial charge in [0.1, 0.15) is 12.4 Å². The lowest BCUT2D eigenvalue weighted by Gasteiger charge is -2.15. The highest BCUT2D eigenvalue weighted by Gasteiger charge is 2.30. The summed E-state index contributed by atoms with van der Waals surface area (Å²) in [6, 6.07) is 13.2. The van der Waals surface area contributed by atoms with E-state index >= 15 is 0 Å². The van der Waals surface area contributed by atoms with Gasteiger partial charge in [0.2, 0.25) is 0 Å². The van der Waals surface area contributed by atoms with E-state index < -0.39 is 11.7 Å². The number of ether oxygens (including phenoxy) is 2. The van der Waals surface area contributed by atoms with E-state index in [2.05, 4.69) is 38.1 Å². The molecule has 0 aliphatic heterocycles. The second-order valence-corrected chi connectivity index (χ2v) is 8.01. The number of hydrogen-bond donors (Lipinski definition) is 1. The maximum Gasteiger partial charge on any atom is 0.417 e. The summed E-state index contributed by atoms with van der Waals surface area (Å²) in [6.07, 6.45) is -2.17. The van der Waals surface area contributed by atoms with Crippen LogP contribution in [0.5, 0.6) is 11.5 Å². The van der Waals surface area contributed by atoms with Crippen LogP contribution in [0.1, 0.15) is 23.6 Å². The number of benzene rings is 2. The Morgan fingerprint density at radius 1 is 1.16 bits per heavy atom. The number of hydrazone groups is 1. The molecule has 0 spiro atoms. The van der Waals surface area contributed by atoms with E-state index in [0.717, 1.165) is 21.4 Å². The van der Waals surface area contributed by atoms with Crippen molar-refractivity contribution in [2.75, 3.05) is 12.0 Å². The number of alkyl halides is 3. The molecule has 32 heavy (non-hydrogen) atoms. The highest BCUT2D eigenvalue weighted by Crippen LogP contribution is 2.35. The zero-order valence-electron chi connectivity index (χ0n) is 16.8. The van der Waals surface area contributed by atoms with Crippen LogP contribution in [0.4, 0.5) is 19.0 Å². The van der Waals surface area contributed by atoms with Gasteiger partial charge < -0.3 is 9.47 Å². The Hall–Kier alpha value is -2.53. The lowest BCUT2D eigenvalue weighted by atomic mass is 10.2. The van der Waals surface area contributed by atoms with Crippen molar-refractivity contribution in [1.29, 1.82) is 0 Å². The zero-order valence-corrected chi connectivity index (χ0v) is 19.7. The second kappa shape index (κ2) is 10.9. The second-order valence-electron chi connectivity index (χ2n) is 6.44. The van der Waals surface area contributed by atoms with E-state index in [-0.39, 0.29) is 12.4 Å². The molecule has 1 aromatic heterocycles. The van der Waals surface area contributed by atoms with Crippen LogP contribution in [0, 0.1) is 3.57 Å². The minimum atomic E-state index is -4.43. The van der Waals surface area contributed by atoms with Crippen LogP contribution in [0.15, 0.2) is 59.8 Å². The molecule has 5 nitrogen and oxygen atoms in total. The molecule has 0 aliphatic rings. The van der Waals surface area contributed by atoms with Gasteiger partial charge in [-0.1, -0.05) is 29.8 Å². The molecule has 0 saturated carbocycles. The fourth-order valence-corrected chi connectivity index (χ4v) is 3.60. The van der Waals surface area contributed by atoms with Crippen molar-refractivity contribution in [2.45, 2.75) is 19.7 Å². The maximum absolute atomic E-state index is 12.6. The van der Waals surface area contributed by atoms with E-state index in [0.29, 0.717) is 28.7 Å². The summed E-state index contributed by atoms with van der Waals surface area (Å²) in [6.45, 7) is 2.58. The van der Waals surface area contributed by atoms with E-state index in [1.165, 1.54) is 12.3 Å². The van der Waals surface area contributed by atoms with E-state index in [9.17, 15) is 13.2 Å². The van der Waals surface area contributed by atoms with Crippen molar-refractivity contribution in [2.24, 2.45) is 5.10 Å². The van der Waals surface area contributed by atoms with Gasteiger partial charge in [0.15, 0.2) is 11.5 Å². The van der Waals surface area contributed by atoms with Gasteiger partial charge in [-0.2, -0.15) is 18.3 Å². The Morgan fingerprint density at radius 3 is 2.59 bits per heavy atom. The minimum Gasteiger partial charge on any atom is -0.490 e. The molecule has 0 saturated heterocycles. The van der Waals surface area contributed by atoms with Crippen molar-refractivity contribution in [3.63, 3.8) is 0 Å². The summed E-state index contributed by atoms with van der Waals surface area (Å²) >= 11 is 8.33. The first-order chi connectivity index (χ1) is 15.3. The van der Waals surface area contributed by atoms with Gasteiger partial charge in [-0.25, -0.2) is 4.98 Å². The maximum atomic E-state index is 12.6. The lowest BCUT2D eigenvalue weighted by Crippen LogP contribution is -2.05. The van der Waals surface area contributed by atoms with Gasteiger partial charge in [0.05, 0.1) is 22.0 Å². The lowest BCUT2D eigenvalue weighted by molar-refractivity contribution is -0.137. The summed E-state index contributed by atoms with van der Waals surface area (Å²) in [7, 11) is 0. The first-order valence-electron chi connectivity index (χ1n) is 9.42. The monoisotopic (exact) mass is 575 g/mol. The Labute approximate surface area is 201 Å². The van der Waals surface area contributed by atoms with Crippen LogP contribution in [0.2, 0.25) is 5.02 Å². The molecule has 0 atom stereocenters. The molecule has 0 unspecified atom stereocenters. The quantitative estimate of drug-likeness (QED) is 0.183. The van der Waals surface area contributed by atoms with Crippen molar-refractivity contribution in [3.05, 3.63) is 80.0 Å². The molecule has 1 N–H and O–H groups in total. The fraction of sp³-hybridized carbons (Fsp3) is 0.182. The largest absolute Gasteiger partial charge is 0.490 e. The molecule has 3 rings (SSSR count). The molecular formula is C22H18ClF3IN3O2. The van der Waals surface area contributed by atoms with Crippen molar-refractivity contribution in [1.82, 2.24) is 4.98 Å². The van der Waals surface area contributed by atoms with Crippen molar-refractivity contribution < 1.29 is 22.6 Å². The van der Waals surface area contributed by atoms with Gasteiger partial charge in [0, 0.05) is 16.8 Å². The third-order valence-corrected chi connectivity index (χ3v) is 5.32. The SMILES string of the molecule is CCOc1cc(/C=N\Nc2ccc(C(F)(F)F)cn2)cc(I)c1OCc1ccccc1Cl. The zero-order chi connectivity index (χ0) is 23.1. The Morgan fingerprint density at radius 2 is 1.94 bits per heavy atom. The predicted molar refractivity (Wildman–Crippen MR) is 127 cm³/mol. The highest BCUT2D eigenvalue weighted by molar-refractivity contribution is 14.1. The Kier molecular flexibility index (Phi) is 8.19. The van der Waals surface area contributed by atoms with Gasteiger partial charge in [0.25, 0.3) is 0 Å². The normalized spacial score (nSPS) is 11.6. The fourth-order valence-electron chi connectivity index (χ4n) is 2.63. The number of aromatic nitrogens is 1. The van der Waals surface area contributed by atoms with Crippen LogP contribution >= 0.6 is 34.2 Å². The number of rotatable bonds is 8. The topological polar surface area (TPSA) is 55.7 Å². The molecule has 10 heteroatoms. The van der Waals surface area contributed by atoms with E-state index in [1.807, 2.05) is 31.2 Å². The molecule has 0 fully saturated rings. The minimum absolute atomic E-state index is 0.189. The average Bonchev–Trinajstić information content (AvgIpc) is 2.74. The van der Waals surface area contributed by atoms with Crippen molar-refractivity contribution in [3.8, 4) is 11.5 Å². The summed E-state index contributed by atoms with van der Waals surface area (Å²) in [4.78, 5) is 3.71. The van der Waals surface area contributed by atoms with E-state index in [4.69, 9.17) is 21.1 Å². The van der Waals surface area contributed by atoms with Gasteiger partial charge in [-0.3, -0.25) is 5.43 Å². The molecule has 0 amide bonds. The summed E-state index contributed by atoms with van der Waals surface area (Å²) in [5, 5.41) is 4.66. The van der Waals surface area contributed by atoms with E-state index in [1.54, 1.807) is 12.1 Å². The van der Waals surface area contributed by atoms with Crippen LogP contribution in [-0.4, -0.2) is 17.8 Å². The number of pyridine rings is 1. The molecule has 0 aliphatic carbocycles. The van der Waals surface area contributed by atoms with Crippen LogP contribution < -0.4 is 14.9 Å². The third kappa shape index (κ3) is 6.49. The number of halogens is 5. The Balaban J connectivity index is 1.72. The third-order valence-electron chi connectivity index (χ3n) is 4.15. The summed E-state index contributed by atoms with van der Waals surface area (Å²) in [5.41, 5.74) is 3.35. The first kappa shape index (κ1) is 24.1. The predicted octanol–water partition coefficient (Wildman–Crippen LogP) is 6.78. The molecular weight excluding hydrogens is 558 g/mol. The number of hydrogen-bond acceptors (Lipinski definition) is 5. The highest BCUT2D eigenvalue weighted by atomic mass is 127. The summed E-state index contributed by atoms with van der Waals surface area (Å²) in [5.74, 6) is 1.32. The number of nitrogens with zero attached hydrogens (tertiary/aromatic N) is 2. The summed E-state index contributed by atoms with van der Waals surface area (Å²) < 4.78 is 50.3. The van der Waals surface area contributed by atoms with Crippen molar-refractivity contribution >= 4 is 46.2 Å². The molecule has 1 heterocycles. The standard InChI is InChI=1S/C22H18ClF3IN3O2/c1-2-31-19-10-14(11-29-30-20-8-7-16(12-28-20)22(24,25)26)9-18(27)21(19)32-13-15-5-3-4-6-17(15)23/h3-12H,2,13H2,1H3,(H,28,30)/b29-11-. The van der Waals surface area contributed by atoms with Gasteiger partial charge >= 0.3 is 6.18 Å². The Bertz CT molecular complexity index is 1090. The molecule has 3 aromatic rings. The van der Waals surface area contributed by atoms with Gasteiger partial charge in [-0.15, -0.1) is 0 Å². The van der Waals surface area contributed by atoms with Crippen LogP contribution in [0.25, 0.3) is 0 Å². The van der Waals surface area contributed by atoms with Crippen LogP contribution in [-0.2, 0) is 12.8 Å². The number of anilines is 1. The van der Waals surface area contributed by atoms with Gasteiger partial charge in [-0.05, 0) is 65.4 Å².